The van der Waals surface area contributed by atoms with E-state index in [1.807, 2.05) is 0 Å². The van der Waals surface area contributed by atoms with Crippen LogP contribution >= 0.6 is 22.7 Å². The van der Waals surface area contributed by atoms with Gasteiger partial charge in [-0.1, -0.05) is 12.1 Å². The maximum absolute atomic E-state index is 5.64. The van der Waals surface area contributed by atoms with Crippen LogP contribution in [0.4, 0.5) is 0 Å². The van der Waals surface area contributed by atoms with Gasteiger partial charge in [0.05, 0.1) is 0 Å². The second-order valence-corrected chi connectivity index (χ2v) is 5.36. The van der Waals surface area contributed by atoms with Crippen molar-refractivity contribution in [2.24, 2.45) is 0 Å². The predicted molar refractivity (Wildman–Crippen MR) is 70.5 cm³/mol. The maximum atomic E-state index is 5.64. The molecule has 3 heterocycles. The summed E-state index contributed by atoms with van der Waals surface area (Å²) in [5, 5.41) is 4.17. The third-order valence-electron chi connectivity index (χ3n) is 2.39. The molecule has 3 rings (SSSR count). The Kier molecular flexibility index (Phi) is 2.64. The highest BCUT2D eigenvalue weighted by Gasteiger charge is 2.15. The molecule has 0 atom stereocenters. The van der Waals surface area contributed by atoms with Gasteiger partial charge in [0, 0.05) is 15.3 Å². The molecule has 3 heteroatoms. The van der Waals surface area contributed by atoms with Crippen molar-refractivity contribution in [2.75, 3.05) is 6.61 Å². The summed E-state index contributed by atoms with van der Waals surface area (Å²) in [7, 11) is 0. The van der Waals surface area contributed by atoms with E-state index in [1.165, 1.54) is 15.3 Å². The van der Waals surface area contributed by atoms with Gasteiger partial charge in [0.1, 0.15) is 12.4 Å². The van der Waals surface area contributed by atoms with Crippen molar-refractivity contribution in [2.45, 2.75) is 0 Å². The minimum Gasteiger partial charge on any atom is -0.489 e. The lowest BCUT2D eigenvalue weighted by atomic mass is 10.2. The van der Waals surface area contributed by atoms with Gasteiger partial charge in [-0.05, 0) is 35.0 Å². The number of hydrogen-bond donors (Lipinski definition) is 0. The monoisotopic (exact) mass is 246 g/mol. The molecule has 0 unspecified atom stereocenters. The highest BCUT2D eigenvalue weighted by atomic mass is 32.1. The Bertz CT molecular complexity index is 518. The molecule has 0 spiro atoms. The molecule has 2 aromatic rings. The van der Waals surface area contributed by atoms with Crippen LogP contribution in [-0.2, 0) is 4.74 Å². The molecule has 0 aliphatic carbocycles. The highest BCUT2D eigenvalue weighted by Crippen LogP contribution is 2.33. The Morgan fingerprint density at radius 3 is 2.75 bits per heavy atom. The summed E-state index contributed by atoms with van der Waals surface area (Å²) in [6.07, 6.45) is 4.26. The fourth-order valence-corrected chi connectivity index (χ4v) is 3.09. The minimum absolute atomic E-state index is 0.685. The number of allylic oxidation sites excluding steroid dienone is 1. The maximum Gasteiger partial charge on any atom is 0.129 e. The first-order valence-corrected chi connectivity index (χ1v) is 6.82. The molecule has 0 saturated carbocycles. The first-order chi connectivity index (χ1) is 7.93. The van der Waals surface area contributed by atoms with Crippen LogP contribution in [0.15, 0.2) is 46.9 Å². The zero-order valence-electron chi connectivity index (χ0n) is 8.55. The third kappa shape index (κ3) is 1.84. The van der Waals surface area contributed by atoms with E-state index in [-0.39, 0.29) is 0 Å². The molecule has 1 aliphatic heterocycles. The summed E-state index contributed by atoms with van der Waals surface area (Å²) >= 11 is 3.48. The van der Waals surface area contributed by atoms with E-state index < -0.39 is 0 Å². The van der Waals surface area contributed by atoms with E-state index in [4.69, 9.17) is 4.74 Å². The van der Waals surface area contributed by atoms with E-state index in [0.29, 0.717) is 6.61 Å². The van der Waals surface area contributed by atoms with Gasteiger partial charge in [-0.15, -0.1) is 22.7 Å². The number of thiophene rings is 2. The fourth-order valence-electron chi connectivity index (χ4n) is 1.67. The van der Waals surface area contributed by atoms with Crippen molar-refractivity contribution in [3.8, 4) is 0 Å². The molecular weight excluding hydrogens is 236 g/mol. The number of ether oxygens (including phenoxy) is 1. The van der Waals surface area contributed by atoms with Crippen molar-refractivity contribution >= 4 is 34.3 Å². The first-order valence-electron chi connectivity index (χ1n) is 5.06. The van der Waals surface area contributed by atoms with Crippen LogP contribution in [0.3, 0.4) is 0 Å². The Hall–Kier alpha value is -1.32. The van der Waals surface area contributed by atoms with Crippen LogP contribution in [0.25, 0.3) is 11.6 Å². The van der Waals surface area contributed by atoms with Crippen molar-refractivity contribution in [3.05, 3.63) is 56.6 Å². The van der Waals surface area contributed by atoms with Crippen LogP contribution in [0.1, 0.15) is 9.75 Å². The molecule has 1 nitrogen and oxygen atoms in total. The Labute approximate surface area is 102 Å². The SMILES string of the molecule is C1=C(c2cccs2)/C(=C/c2cccs2)OC1. The van der Waals surface area contributed by atoms with Gasteiger partial charge in [-0.2, -0.15) is 0 Å². The zero-order chi connectivity index (χ0) is 10.8. The quantitative estimate of drug-likeness (QED) is 0.769. The van der Waals surface area contributed by atoms with E-state index in [0.717, 1.165) is 5.76 Å². The average molecular weight is 246 g/mol. The topological polar surface area (TPSA) is 9.23 Å². The highest BCUT2D eigenvalue weighted by molar-refractivity contribution is 7.11. The predicted octanol–water partition coefficient (Wildman–Crippen LogP) is 4.26. The summed E-state index contributed by atoms with van der Waals surface area (Å²) in [5.74, 6) is 0.991. The summed E-state index contributed by atoms with van der Waals surface area (Å²) in [6.45, 7) is 0.685. The van der Waals surface area contributed by atoms with Gasteiger partial charge in [0.2, 0.25) is 0 Å². The van der Waals surface area contributed by atoms with Gasteiger partial charge < -0.3 is 4.74 Å². The zero-order valence-corrected chi connectivity index (χ0v) is 10.2. The van der Waals surface area contributed by atoms with Gasteiger partial charge >= 0.3 is 0 Å². The molecule has 16 heavy (non-hydrogen) atoms. The molecule has 0 N–H and O–H groups in total. The fraction of sp³-hybridized carbons (Fsp3) is 0.0769. The normalized spacial score (nSPS) is 17.5. The number of hydrogen-bond acceptors (Lipinski definition) is 3. The van der Waals surface area contributed by atoms with E-state index in [2.05, 4.69) is 47.2 Å². The third-order valence-corrected chi connectivity index (χ3v) is 4.12. The molecule has 80 valence electrons. The van der Waals surface area contributed by atoms with E-state index in [9.17, 15) is 0 Å². The lowest BCUT2D eigenvalue weighted by Gasteiger charge is -2.02. The largest absolute Gasteiger partial charge is 0.489 e. The molecule has 2 aromatic heterocycles. The minimum atomic E-state index is 0.685. The van der Waals surface area contributed by atoms with Gasteiger partial charge in [0.25, 0.3) is 0 Å². The van der Waals surface area contributed by atoms with E-state index >= 15 is 0 Å². The smallest absolute Gasteiger partial charge is 0.129 e. The van der Waals surface area contributed by atoms with Crippen LogP contribution in [0.5, 0.6) is 0 Å². The van der Waals surface area contributed by atoms with Gasteiger partial charge in [-0.3, -0.25) is 0 Å². The molecule has 0 radical (unpaired) electrons. The Morgan fingerprint density at radius 2 is 2.00 bits per heavy atom. The van der Waals surface area contributed by atoms with Crippen LogP contribution < -0.4 is 0 Å². The van der Waals surface area contributed by atoms with E-state index in [1.54, 1.807) is 22.7 Å². The molecule has 0 fully saturated rings. The van der Waals surface area contributed by atoms with Gasteiger partial charge in [-0.25, -0.2) is 0 Å². The first kappa shape index (κ1) is 9.87. The molecular formula is C13H10OS2. The summed E-state index contributed by atoms with van der Waals surface area (Å²) in [6, 6.07) is 8.36. The second kappa shape index (κ2) is 4.28. The standard InChI is InChI=1S/C13H10OS2/c1-3-10(15-7-1)9-12-11(5-6-14-12)13-4-2-8-16-13/h1-5,7-9H,6H2/b12-9-. The van der Waals surface area contributed by atoms with Crippen molar-refractivity contribution in [1.82, 2.24) is 0 Å². The van der Waals surface area contributed by atoms with Crippen LogP contribution in [-0.4, -0.2) is 6.61 Å². The summed E-state index contributed by atoms with van der Waals surface area (Å²) in [4.78, 5) is 2.51. The Morgan fingerprint density at radius 1 is 1.12 bits per heavy atom. The lowest BCUT2D eigenvalue weighted by Crippen LogP contribution is -1.84. The molecule has 0 saturated heterocycles. The molecule has 0 amide bonds. The molecule has 1 aliphatic rings. The summed E-state index contributed by atoms with van der Waals surface area (Å²) in [5.41, 5.74) is 1.23. The van der Waals surface area contributed by atoms with Crippen molar-refractivity contribution in [1.29, 1.82) is 0 Å². The Balaban J connectivity index is 1.95. The summed E-state index contributed by atoms with van der Waals surface area (Å²) < 4.78 is 5.64. The van der Waals surface area contributed by atoms with Crippen LogP contribution in [0, 0.1) is 0 Å². The number of rotatable bonds is 2. The van der Waals surface area contributed by atoms with Crippen LogP contribution in [0.2, 0.25) is 0 Å². The molecule has 0 bridgehead atoms. The van der Waals surface area contributed by atoms with Crippen molar-refractivity contribution in [3.63, 3.8) is 0 Å². The lowest BCUT2D eigenvalue weighted by molar-refractivity contribution is 0.284. The van der Waals surface area contributed by atoms with Crippen molar-refractivity contribution < 1.29 is 4.74 Å². The average Bonchev–Trinajstić information content (AvgIpc) is 2.98. The molecule has 0 aromatic carbocycles. The second-order valence-electron chi connectivity index (χ2n) is 3.43. The van der Waals surface area contributed by atoms with Gasteiger partial charge in [0.15, 0.2) is 0 Å².